The molecule has 0 radical (unpaired) electrons. The van der Waals surface area contributed by atoms with Gasteiger partial charge in [0.1, 0.15) is 23.1 Å². The fourth-order valence-electron chi connectivity index (χ4n) is 5.56. The number of pyridine rings is 2. The van der Waals surface area contributed by atoms with Crippen molar-refractivity contribution >= 4 is 22.8 Å². The van der Waals surface area contributed by atoms with E-state index < -0.39 is 34.4 Å². The summed E-state index contributed by atoms with van der Waals surface area (Å²) in [5.41, 5.74) is -0.251. The number of fused-ring (bicyclic) bond motifs is 1. The summed E-state index contributed by atoms with van der Waals surface area (Å²) in [6.45, 7) is 13.5. The van der Waals surface area contributed by atoms with Crippen LogP contribution in [0.4, 0.5) is 19.0 Å². The van der Waals surface area contributed by atoms with Crippen LogP contribution in [0.5, 0.6) is 0 Å². The van der Waals surface area contributed by atoms with Crippen LogP contribution in [-0.2, 0) is 4.79 Å². The van der Waals surface area contributed by atoms with Gasteiger partial charge in [0.2, 0.25) is 5.91 Å². The molecule has 4 aromatic rings. The van der Waals surface area contributed by atoms with Crippen LogP contribution in [0.1, 0.15) is 44.9 Å². The molecular weight excluding hydrogens is 545 g/mol. The normalized spacial score (nSPS) is 17.3. The number of hydrogen-bond acceptors (Lipinski definition) is 6. The molecule has 0 aliphatic carbocycles. The maximum atomic E-state index is 15.8. The molecule has 1 amide bonds. The number of piperazine rings is 1. The first-order chi connectivity index (χ1) is 19.9. The molecule has 2 unspecified atom stereocenters. The first-order valence-corrected chi connectivity index (χ1v) is 13.7. The van der Waals surface area contributed by atoms with Crippen molar-refractivity contribution in [2.45, 2.75) is 52.6 Å². The fourth-order valence-corrected chi connectivity index (χ4v) is 5.56. The number of hydrogen-bond donors (Lipinski definition) is 0. The van der Waals surface area contributed by atoms with Crippen molar-refractivity contribution in [3.63, 3.8) is 0 Å². The van der Waals surface area contributed by atoms with Crippen LogP contribution >= 0.6 is 0 Å². The van der Waals surface area contributed by atoms with Crippen LogP contribution in [0.15, 0.2) is 54.0 Å². The van der Waals surface area contributed by atoms with Gasteiger partial charge >= 0.3 is 5.69 Å². The highest BCUT2D eigenvalue weighted by Gasteiger charge is 2.34. The van der Waals surface area contributed by atoms with Gasteiger partial charge in [0.25, 0.3) is 0 Å². The Morgan fingerprint density at radius 3 is 2.38 bits per heavy atom. The van der Waals surface area contributed by atoms with E-state index in [-0.39, 0.29) is 40.8 Å². The first kappa shape index (κ1) is 29.0. The van der Waals surface area contributed by atoms with Crippen LogP contribution in [0.25, 0.3) is 28.0 Å². The van der Waals surface area contributed by atoms with E-state index in [4.69, 9.17) is 0 Å². The van der Waals surface area contributed by atoms with Crippen molar-refractivity contribution in [1.82, 2.24) is 24.4 Å². The van der Waals surface area contributed by atoms with Crippen LogP contribution in [-0.4, -0.2) is 55.5 Å². The lowest BCUT2D eigenvalue weighted by Crippen LogP contribution is -2.58. The number of nitrogens with zero attached hydrogens (tertiary/aromatic N) is 6. The van der Waals surface area contributed by atoms with Crippen molar-refractivity contribution in [2.24, 2.45) is 0 Å². The predicted molar refractivity (Wildman–Crippen MR) is 155 cm³/mol. The molecule has 218 valence electrons. The quantitative estimate of drug-likeness (QED) is 0.300. The average Bonchev–Trinajstić information content (AvgIpc) is 2.94. The molecule has 8 nitrogen and oxygen atoms in total. The molecule has 1 aliphatic rings. The Bertz CT molecular complexity index is 1770. The molecule has 1 fully saturated rings. The van der Waals surface area contributed by atoms with E-state index in [0.29, 0.717) is 30.0 Å². The van der Waals surface area contributed by atoms with Gasteiger partial charge in [0, 0.05) is 31.4 Å². The summed E-state index contributed by atoms with van der Waals surface area (Å²) in [7, 11) is 0. The first-order valence-electron chi connectivity index (χ1n) is 13.7. The molecule has 1 aromatic carbocycles. The molecule has 2 atom stereocenters. The van der Waals surface area contributed by atoms with Crippen molar-refractivity contribution in [1.29, 1.82) is 0 Å². The molecule has 0 spiro atoms. The molecule has 3 aromatic heterocycles. The number of carbonyl (C=O) groups excluding carboxylic acids is 1. The molecule has 5 rings (SSSR count). The highest BCUT2D eigenvalue weighted by atomic mass is 19.1. The zero-order valence-corrected chi connectivity index (χ0v) is 24.0. The third-order valence-corrected chi connectivity index (χ3v) is 7.64. The lowest BCUT2D eigenvalue weighted by atomic mass is 10.0. The summed E-state index contributed by atoms with van der Waals surface area (Å²) in [5.74, 6) is -3.13. The summed E-state index contributed by atoms with van der Waals surface area (Å²) >= 11 is 0. The fraction of sp³-hybridized carbons (Fsp3) is 0.323. The molecule has 1 aliphatic heterocycles. The Balaban J connectivity index is 1.85. The minimum atomic E-state index is -0.991. The second-order valence-electron chi connectivity index (χ2n) is 10.9. The molecule has 0 N–H and O–H groups in total. The third kappa shape index (κ3) is 4.82. The topological polar surface area (TPSA) is 84.2 Å². The summed E-state index contributed by atoms with van der Waals surface area (Å²) in [6, 6.07) is 5.47. The van der Waals surface area contributed by atoms with Crippen LogP contribution in [0.2, 0.25) is 0 Å². The Labute approximate surface area is 241 Å². The molecular formula is C31H31F3N6O2. The largest absolute Gasteiger partial charge is 0.355 e. The molecule has 1 saturated heterocycles. The molecule has 4 heterocycles. The van der Waals surface area contributed by atoms with E-state index in [0.717, 1.165) is 18.2 Å². The predicted octanol–water partition coefficient (Wildman–Crippen LogP) is 5.30. The lowest BCUT2D eigenvalue weighted by Gasteiger charge is -2.44. The number of benzene rings is 1. The van der Waals surface area contributed by atoms with E-state index in [1.807, 2.05) is 32.6 Å². The smallest absolute Gasteiger partial charge is 0.349 e. The SMILES string of the molecule is C=CC(=O)N1CC(C)N(c2nc(=O)n(-c3c(C)ccnc3C(C)C)c3nc(-c4c(F)cccc4F)c(F)cc23)CC1C. The maximum absolute atomic E-state index is 15.8. The Hall–Kier alpha value is -4.54. The van der Waals surface area contributed by atoms with Gasteiger partial charge in [-0.25, -0.2) is 27.5 Å². The average molecular weight is 577 g/mol. The van der Waals surface area contributed by atoms with E-state index in [2.05, 4.69) is 21.5 Å². The van der Waals surface area contributed by atoms with Crippen LogP contribution in [0, 0.1) is 24.4 Å². The zero-order chi connectivity index (χ0) is 30.5. The molecule has 11 heteroatoms. The van der Waals surface area contributed by atoms with E-state index in [1.165, 1.54) is 16.7 Å². The van der Waals surface area contributed by atoms with Crippen molar-refractivity contribution in [3.05, 3.63) is 88.4 Å². The number of carbonyl (C=O) groups is 1. The summed E-state index contributed by atoms with van der Waals surface area (Å²) in [5, 5.41) is 0.174. The van der Waals surface area contributed by atoms with Gasteiger partial charge < -0.3 is 9.80 Å². The summed E-state index contributed by atoms with van der Waals surface area (Å²) < 4.78 is 46.8. The van der Waals surface area contributed by atoms with Gasteiger partial charge in [-0.3, -0.25) is 9.78 Å². The van der Waals surface area contributed by atoms with Crippen molar-refractivity contribution < 1.29 is 18.0 Å². The van der Waals surface area contributed by atoms with Gasteiger partial charge in [-0.05, 0) is 62.6 Å². The number of anilines is 1. The molecule has 0 saturated carbocycles. The standard InChI is InChI=1S/C31H31F3N6O2/c1-7-24(41)38-14-19(6)39(15-18(38)5)29-20-13-23(34)27(25-21(32)9-8-10-22(25)33)36-30(20)40(31(42)37-29)28-17(4)11-12-35-26(28)16(2)3/h7-13,16,18-19H,1,14-15H2,2-6H3. The zero-order valence-electron chi connectivity index (χ0n) is 24.0. The summed E-state index contributed by atoms with van der Waals surface area (Å²) in [4.78, 5) is 43.2. The van der Waals surface area contributed by atoms with Gasteiger partial charge in [-0.15, -0.1) is 0 Å². The number of rotatable bonds is 5. The monoisotopic (exact) mass is 576 g/mol. The van der Waals surface area contributed by atoms with E-state index >= 15 is 4.39 Å². The van der Waals surface area contributed by atoms with E-state index in [1.54, 1.807) is 24.1 Å². The lowest BCUT2D eigenvalue weighted by molar-refractivity contribution is -0.128. The van der Waals surface area contributed by atoms with Gasteiger partial charge in [0.15, 0.2) is 11.5 Å². The van der Waals surface area contributed by atoms with Crippen LogP contribution < -0.4 is 10.6 Å². The highest BCUT2D eigenvalue weighted by molar-refractivity contribution is 5.91. The van der Waals surface area contributed by atoms with E-state index in [9.17, 15) is 18.4 Å². The number of aryl methyl sites for hydroxylation is 1. The van der Waals surface area contributed by atoms with Gasteiger partial charge in [-0.2, -0.15) is 4.98 Å². The number of halogens is 3. The Morgan fingerprint density at radius 1 is 1.05 bits per heavy atom. The minimum absolute atomic E-state index is 0.0218. The Morgan fingerprint density at radius 2 is 1.74 bits per heavy atom. The minimum Gasteiger partial charge on any atom is -0.349 e. The number of aromatic nitrogens is 4. The van der Waals surface area contributed by atoms with Crippen LogP contribution in [0.3, 0.4) is 0 Å². The van der Waals surface area contributed by atoms with Gasteiger partial charge in [-0.1, -0.05) is 26.5 Å². The molecule has 42 heavy (non-hydrogen) atoms. The van der Waals surface area contributed by atoms with Crippen molar-refractivity contribution in [3.8, 4) is 16.9 Å². The maximum Gasteiger partial charge on any atom is 0.355 e. The molecule has 0 bridgehead atoms. The third-order valence-electron chi connectivity index (χ3n) is 7.64. The van der Waals surface area contributed by atoms with Gasteiger partial charge in [0.05, 0.1) is 22.3 Å². The second kappa shape index (κ2) is 11.0. The second-order valence-corrected chi connectivity index (χ2v) is 10.9. The Kier molecular flexibility index (Phi) is 7.61. The highest BCUT2D eigenvalue weighted by Crippen LogP contribution is 2.35. The summed E-state index contributed by atoms with van der Waals surface area (Å²) in [6.07, 6.45) is 2.88. The van der Waals surface area contributed by atoms with Crippen molar-refractivity contribution in [2.75, 3.05) is 18.0 Å². The number of amides is 1.